The number of aryl methyl sites for hydroxylation is 1. The standard InChI is InChI=1S/C52H68O4.C42H49FO4.C34H31NO6/c1-7-11-13-37-15-19-39(20-16-37)40-23-25-41(26-24-40)42-27-29-43(30-28-42)45-31-32-46-48(33-45)49(55-51(53)35(5)9-3)34-47(50(46)56-52(54)36(6)10-4)44-21-17-38(18-22-44)14-12-8-2;1-6-9-13-29-16-18-32(19-17-29)34-24-25-35(33-22-20-31(21-23-33)30-14-11-10-12-15-30)39-38(34)37(46-41(44)27(4)7-2)26-36(43)40(39)47-42(45)28(5)8-3;1-5-21(3)32(36)40-30-19-29(31(41-33(37)22(4)6-2)28-10-8-7-9-27(28)30)34(38)39-26-17-15-25(16-18-26)24-13-11-23(20-35)12-14-24/h23-39,44H,7-22H2,1-6H3;16-28,30H,6-15H2,1-5H3;7-19,21-22H,5-6H2,1-4H3. The van der Waals surface area contributed by atoms with Crippen LogP contribution in [0.3, 0.4) is 0 Å². The third kappa shape index (κ3) is 27.4. The number of unbranched alkanes of at least 4 members (excludes halogenated alkanes) is 3. The first kappa shape index (κ1) is 108. The first-order chi connectivity index (χ1) is 69.7. The quantitative estimate of drug-likeness (QED) is 0.0262. The molecule has 16 heteroatoms. The lowest BCUT2D eigenvalue weighted by Crippen LogP contribution is -2.21. The Balaban J connectivity index is 0.000000183. The van der Waals surface area contributed by atoms with Crippen molar-refractivity contribution < 1.29 is 71.1 Å². The average molecular weight is 1940 g/mol. The lowest BCUT2D eigenvalue weighted by Gasteiger charge is -2.30. The molecule has 6 unspecified atom stereocenters. The molecule has 0 aliphatic heterocycles. The SMILES string of the molecule is CCC(C)C(=O)Oc1cc(C(=O)Oc2ccc(-c3ccc(C#N)cc3)cc2)c(OC(=O)C(C)CC)c2ccccc12.CCCCC1CCC(c2ccc(-c3ccc(-c4ccc5c(OC(=O)C(C)CC)c(C6CCC(CCCC)CC6)cc(OC(=O)C(C)CC)c5c4)cc3)cc2)CC1.CCCCc1ccc(-c2ccc(-c3ccc(C4CCCCC4)cc3)c3c(OC(=O)C(C)CC)c(F)cc(OC(=O)C(C)CC)c23)cc1. The van der Waals surface area contributed by atoms with Crippen LogP contribution in [0.25, 0.3) is 88.0 Å². The van der Waals surface area contributed by atoms with Gasteiger partial charge in [0.2, 0.25) is 0 Å². The van der Waals surface area contributed by atoms with E-state index in [4.69, 9.17) is 38.4 Å². The minimum absolute atomic E-state index is 0.0385. The number of nitriles is 1. The maximum atomic E-state index is 16.3. The van der Waals surface area contributed by atoms with Crippen molar-refractivity contribution in [1.82, 2.24) is 0 Å². The van der Waals surface area contributed by atoms with Crippen molar-refractivity contribution in [3.8, 4) is 102 Å². The summed E-state index contributed by atoms with van der Waals surface area (Å²) in [6.07, 6.45) is 30.8. The molecule has 756 valence electrons. The number of hydrogen-bond acceptors (Lipinski definition) is 15. The van der Waals surface area contributed by atoms with Crippen molar-refractivity contribution in [2.24, 2.45) is 47.3 Å². The molecule has 3 fully saturated rings. The molecule has 0 aromatic heterocycles. The predicted octanol–water partition coefficient (Wildman–Crippen LogP) is 34.1. The van der Waals surface area contributed by atoms with E-state index >= 15 is 4.39 Å². The zero-order valence-electron chi connectivity index (χ0n) is 87.5. The number of esters is 7. The number of ether oxygens (including phenoxy) is 7. The number of benzene rings is 12. The molecule has 12 aromatic rings. The highest BCUT2D eigenvalue weighted by molar-refractivity contribution is 6.13. The molecule has 15 rings (SSSR count). The number of carbonyl (C=O) groups is 7. The van der Waals surface area contributed by atoms with E-state index in [0.717, 1.165) is 99.2 Å². The van der Waals surface area contributed by atoms with Gasteiger partial charge in [-0.05, 0) is 266 Å². The summed E-state index contributed by atoms with van der Waals surface area (Å²) >= 11 is 0. The molecule has 144 heavy (non-hydrogen) atoms. The number of nitrogens with zero attached hydrogens (tertiary/aromatic N) is 1. The summed E-state index contributed by atoms with van der Waals surface area (Å²) in [4.78, 5) is 92.3. The van der Waals surface area contributed by atoms with Gasteiger partial charge in [0, 0.05) is 43.9 Å². The molecule has 0 radical (unpaired) electrons. The summed E-state index contributed by atoms with van der Waals surface area (Å²) in [5.74, 6) is -0.908. The largest absolute Gasteiger partial charge is 0.426 e. The van der Waals surface area contributed by atoms with E-state index in [1.165, 1.54) is 149 Å². The average Bonchev–Trinajstić information content (AvgIpc) is 0.740. The minimum Gasteiger partial charge on any atom is -0.426 e. The molecular formula is C128H148FNO14. The predicted molar refractivity (Wildman–Crippen MR) is 579 cm³/mol. The second kappa shape index (κ2) is 52.6. The van der Waals surface area contributed by atoms with E-state index in [2.05, 4.69) is 142 Å². The van der Waals surface area contributed by atoms with Gasteiger partial charge in [-0.3, -0.25) is 28.8 Å². The molecule has 0 N–H and O–H groups in total. The lowest BCUT2D eigenvalue weighted by molar-refractivity contribution is -0.139. The fourth-order valence-electron chi connectivity index (χ4n) is 19.6. The maximum absolute atomic E-state index is 16.3. The Kier molecular flexibility index (Phi) is 39.6. The van der Waals surface area contributed by atoms with E-state index in [0.29, 0.717) is 94.5 Å². The fourth-order valence-corrected chi connectivity index (χ4v) is 19.6. The van der Waals surface area contributed by atoms with Crippen LogP contribution in [-0.4, -0.2) is 41.8 Å². The molecule has 3 aliphatic rings. The van der Waals surface area contributed by atoms with E-state index in [1.807, 2.05) is 85.7 Å². The van der Waals surface area contributed by atoms with Gasteiger partial charge in [-0.15, -0.1) is 0 Å². The second-order valence-electron chi connectivity index (χ2n) is 40.6. The highest BCUT2D eigenvalue weighted by Gasteiger charge is 2.34. The van der Waals surface area contributed by atoms with Crippen LogP contribution in [0.1, 0.15) is 333 Å². The molecular weight excluding hydrogens is 1790 g/mol. The molecule has 0 spiro atoms. The first-order valence-corrected chi connectivity index (χ1v) is 53.7. The maximum Gasteiger partial charge on any atom is 0.347 e. The van der Waals surface area contributed by atoms with Crippen LogP contribution in [0.5, 0.6) is 40.2 Å². The third-order valence-corrected chi connectivity index (χ3v) is 30.5. The van der Waals surface area contributed by atoms with Gasteiger partial charge in [0.25, 0.3) is 0 Å². The van der Waals surface area contributed by atoms with E-state index in [1.54, 1.807) is 88.4 Å². The number of halogens is 1. The van der Waals surface area contributed by atoms with E-state index in [-0.39, 0.29) is 75.8 Å². The number of rotatable bonds is 37. The Hall–Kier alpha value is -12.9. The zero-order chi connectivity index (χ0) is 103. The van der Waals surface area contributed by atoms with Crippen LogP contribution in [0.4, 0.5) is 4.39 Å². The van der Waals surface area contributed by atoms with Gasteiger partial charge in [0.05, 0.1) is 47.1 Å². The number of carbonyl (C=O) groups excluding carboxylic acids is 7. The van der Waals surface area contributed by atoms with Crippen molar-refractivity contribution in [3.63, 3.8) is 0 Å². The van der Waals surface area contributed by atoms with Crippen molar-refractivity contribution in [2.45, 2.75) is 301 Å². The normalized spacial score (nSPS) is 16.5. The Morgan fingerprint density at radius 2 is 0.715 bits per heavy atom. The summed E-state index contributed by atoms with van der Waals surface area (Å²) in [6, 6.07) is 73.0. The van der Waals surface area contributed by atoms with Crippen molar-refractivity contribution in [1.29, 1.82) is 5.26 Å². The van der Waals surface area contributed by atoms with Crippen LogP contribution in [0.15, 0.2) is 218 Å². The summed E-state index contributed by atoms with van der Waals surface area (Å²) in [5.41, 5.74) is 15.2. The van der Waals surface area contributed by atoms with Crippen LogP contribution in [0.2, 0.25) is 0 Å². The number of fused-ring (bicyclic) bond motifs is 3. The third-order valence-electron chi connectivity index (χ3n) is 30.5. The van der Waals surface area contributed by atoms with Gasteiger partial charge in [0.15, 0.2) is 17.3 Å². The lowest BCUT2D eigenvalue weighted by atomic mass is 9.76. The minimum atomic E-state index is -0.769. The summed E-state index contributed by atoms with van der Waals surface area (Å²) < 4.78 is 58.1. The molecule has 12 aromatic carbocycles. The molecule has 15 nitrogen and oxygen atoms in total. The highest BCUT2D eigenvalue weighted by atomic mass is 19.1. The van der Waals surface area contributed by atoms with E-state index in [9.17, 15) is 33.6 Å². The monoisotopic (exact) mass is 1940 g/mol. The Bertz CT molecular complexity index is 6410. The zero-order valence-corrected chi connectivity index (χ0v) is 87.5. The molecule has 3 aliphatic carbocycles. The van der Waals surface area contributed by atoms with Crippen molar-refractivity contribution >= 4 is 74.1 Å². The number of hydrogen-bond donors (Lipinski definition) is 0. The highest BCUT2D eigenvalue weighted by Crippen LogP contribution is 2.52. The molecule has 0 saturated heterocycles. The van der Waals surface area contributed by atoms with Crippen LogP contribution in [-0.2, 0) is 35.2 Å². The second-order valence-corrected chi connectivity index (χ2v) is 40.6. The van der Waals surface area contributed by atoms with Gasteiger partial charge in [-0.2, -0.15) is 5.26 Å². The Morgan fingerprint density at radius 3 is 1.19 bits per heavy atom. The first-order valence-electron chi connectivity index (χ1n) is 53.7. The van der Waals surface area contributed by atoms with Crippen LogP contribution < -0.4 is 33.2 Å². The smallest absolute Gasteiger partial charge is 0.347 e. The Morgan fingerprint density at radius 1 is 0.333 bits per heavy atom. The molecule has 3 saturated carbocycles. The van der Waals surface area contributed by atoms with E-state index < -0.39 is 47.5 Å². The fraction of sp³-hybridized carbons (Fsp3) is 0.422. The van der Waals surface area contributed by atoms with Crippen molar-refractivity contribution in [2.75, 3.05) is 0 Å². The molecule has 6 atom stereocenters. The summed E-state index contributed by atoms with van der Waals surface area (Å²) in [5, 5.41) is 12.6. The van der Waals surface area contributed by atoms with Crippen molar-refractivity contribution in [3.05, 3.63) is 258 Å². The molecule has 0 heterocycles. The van der Waals surface area contributed by atoms with Gasteiger partial charge >= 0.3 is 41.8 Å². The summed E-state index contributed by atoms with van der Waals surface area (Å²) in [6.45, 7) is 29.3. The summed E-state index contributed by atoms with van der Waals surface area (Å²) in [7, 11) is 0. The van der Waals surface area contributed by atoms with Gasteiger partial charge < -0.3 is 33.2 Å². The molecule has 0 bridgehead atoms. The van der Waals surface area contributed by atoms with Gasteiger partial charge in [-0.25, -0.2) is 9.18 Å². The van der Waals surface area contributed by atoms with Crippen LogP contribution in [0, 0.1) is 64.5 Å². The molecule has 0 amide bonds. The van der Waals surface area contributed by atoms with Gasteiger partial charge in [0.1, 0.15) is 34.3 Å². The topological polar surface area (TPSA) is 208 Å². The van der Waals surface area contributed by atoms with Gasteiger partial charge in [-0.1, -0.05) is 332 Å². The Labute approximate surface area is 853 Å². The van der Waals surface area contributed by atoms with Crippen LogP contribution >= 0.6 is 0 Å².